The number of nitrogens with one attached hydrogen (secondary N) is 1. The molecule has 38 heavy (non-hydrogen) atoms. The lowest BCUT2D eigenvalue weighted by atomic mass is 9.33. The van der Waals surface area contributed by atoms with E-state index < -0.39 is 5.97 Å². The Hall–Kier alpha value is -1.09. The number of carbonyl (C=O) groups is 1. The van der Waals surface area contributed by atoms with Crippen molar-refractivity contribution < 1.29 is 9.90 Å². The van der Waals surface area contributed by atoms with E-state index in [0.717, 1.165) is 37.1 Å². The van der Waals surface area contributed by atoms with Crippen LogP contribution in [0.1, 0.15) is 125 Å². The van der Waals surface area contributed by atoms with Gasteiger partial charge in [-0.05, 0) is 140 Å². The summed E-state index contributed by atoms with van der Waals surface area (Å²) in [6.45, 7) is 16.7. The summed E-state index contributed by atoms with van der Waals surface area (Å²) in [7, 11) is 0. The molecule has 0 bridgehead atoms. The molecule has 0 heterocycles. The number of fused-ring (bicyclic) bond motifs is 7. The fourth-order valence-electron chi connectivity index (χ4n) is 12.7. The maximum absolute atomic E-state index is 11.5. The fraction of sp³-hybridized carbons (Fsp3) is 0.857. The molecule has 0 aliphatic heterocycles. The molecule has 0 amide bonds. The summed E-state index contributed by atoms with van der Waals surface area (Å²) in [5, 5.41) is 13.6. The van der Waals surface area contributed by atoms with Crippen molar-refractivity contribution in [2.24, 2.45) is 51.2 Å². The van der Waals surface area contributed by atoms with Gasteiger partial charge in [-0.1, -0.05) is 60.1 Å². The predicted octanol–water partition coefficient (Wildman–Crippen LogP) is 8.55. The lowest BCUT2D eigenvalue weighted by Crippen LogP contribution is -2.67. The van der Waals surface area contributed by atoms with E-state index in [1.54, 1.807) is 5.57 Å². The number of carboxylic acids is 1. The Morgan fingerprint density at radius 2 is 1.68 bits per heavy atom. The summed E-state index contributed by atoms with van der Waals surface area (Å²) in [5.74, 6) is 2.47. The minimum Gasteiger partial charge on any atom is -0.481 e. The number of hydrogen-bond acceptors (Lipinski definition) is 2. The Bertz CT molecular complexity index is 1040. The molecule has 4 fully saturated rings. The fourth-order valence-corrected chi connectivity index (χ4v) is 12.7. The molecule has 0 aromatic rings. The molecule has 3 nitrogen and oxygen atoms in total. The summed E-state index contributed by atoms with van der Waals surface area (Å²) in [4.78, 5) is 11.5. The van der Waals surface area contributed by atoms with Crippen LogP contribution < -0.4 is 5.32 Å². The second kappa shape index (κ2) is 8.95. The van der Waals surface area contributed by atoms with Crippen molar-refractivity contribution in [3.63, 3.8) is 0 Å². The van der Waals surface area contributed by atoms with Gasteiger partial charge in [0.2, 0.25) is 0 Å². The predicted molar refractivity (Wildman–Crippen MR) is 156 cm³/mol. The average Bonchev–Trinajstić information content (AvgIpc) is 3.28. The van der Waals surface area contributed by atoms with Gasteiger partial charge in [0.1, 0.15) is 0 Å². The third-order valence-electron chi connectivity index (χ3n) is 14.6. The number of aliphatic carboxylic acids is 1. The van der Waals surface area contributed by atoms with Gasteiger partial charge in [0, 0.05) is 5.54 Å². The van der Waals surface area contributed by atoms with E-state index in [9.17, 15) is 9.90 Å². The van der Waals surface area contributed by atoms with Gasteiger partial charge in [0.15, 0.2) is 0 Å². The van der Waals surface area contributed by atoms with E-state index in [-0.39, 0.29) is 11.3 Å². The maximum Gasteiger partial charge on any atom is 0.306 e. The largest absolute Gasteiger partial charge is 0.481 e. The second-order valence-electron chi connectivity index (χ2n) is 15.9. The van der Waals surface area contributed by atoms with Crippen LogP contribution in [0.5, 0.6) is 0 Å². The Morgan fingerprint density at radius 1 is 0.895 bits per heavy atom. The van der Waals surface area contributed by atoms with Crippen LogP contribution in [0.25, 0.3) is 0 Å². The molecule has 6 aliphatic carbocycles. The number of rotatable bonds is 4. The molecular weight excluding hydrogens is 466 g/mol. The first kappa shape index (κ1) is 27.1. The summed E-state index contributed by atoms with van der Waals surface area (Å²) in [6, 6.07) is 0. The molecule has 9 atom stereocenters. The topological polar surface area (TPSA) is 49.3 Å². The number of allylic oxidation sites excluding steroid dienone is 4. The van der Waals surface area contributed by atoms with Gasteiger partial charge >= 0.3 is 5.97 Å². The quantitative estimate of drug-likeness (QED) is 0.390. The Morgan fingerprint density at radius 3 is 2.37 bits per heavy atom. The lowest BCUT2D eigenvalue weighted by Gasteiger charge is -2.72. The minimum atomic E-state index is -0.622. The second-order valence-corrected chi connectivity index (χ2v) is 15.9. The standard InChI is InChI=1S/C35H55NO2/c1-7-36-35-18-8-9-27(35)26-14-15-29-32(4)19-16-25(23-10-12-24(13-11-23)30(37)38)31(2,3)28(32)17-20-34(29,6)33(26,5)21-22-35/h10,16,24,26-29,36H,7-9,11-15,17-22H2,1-6H3,(H,37,38)/t24?,26?,27?,28?,29?,32?,33-,34?,35?/m1/s1. The van der Waals surface area contributed by atoms with E-state index in [1.807, 2.05) is 0 Å². The molecule has 0 radical (unpaired) electrons. The van der Waals surface area contributed by atoms with Crippen molar-refractivity contribution in [2.45, 2.75) is 131 Å². The zero-order valence-corrected chi connectivity index (χ0v) is 25.3. The third kappa shape index (κ3) is 3.51. The zero-order valence-electron chi connectivity index (χ0n) is 25.3. The van der Waals surface area contributed by atoms with Crippen LogP contribution in [-0.4, -0.2) is 23.2 Å². The smallest absolute Gasteiger partial charge is 0.306 e. The van der Waals surface area contributed by atoms with Crippen molar-refractivity contribution >= 4 is 5.97 Å². The summed E-state index contributed by atoms with van der Waals surface area (Å²) >= 11 is 0. The lowest BCUT2D eigenvalue weighted by molar-refractivity contribution is -0.218. The van der Waals surface area contributed by atoms with E-state index in [0.29, 0.717) is 34.1 Å². The van der Waals surface area contributed by atoms with Gasteiger partial charge in [-0.25, -0.2) is 0 Å². The van der Waals surface area contributed by atoms with Crippen molar-refractivity contribution in [3.05, 3.63) is 23.3 Å². The molecule has 6 rings (SSSR count). The van der Waals surface area contributed by atoms with Crippen molar-refractivity contribution in [1.82, 2.24) is 5.32 Å². The van der Waals surface area contributed by atoms with Crippen molar-refractivity contribution in [1.29, 1.82) is 0 Å². The van der Waals surface area contributed by atoms with Crippen LogP contribution in [0.4, 0.5) is 0 Å². The molecule has 0 spiro atoms. The minimum absolute atomic E-state index is 0.159. The number of carboxylic acid groups (broad SMARTS) is 1. The average molecular weight is 522 g/mol. The molecular formula is C35H55NO2. The first-order valence-corrected chi connectivity index (χ1v) is 16.3. The van der Waals surface area contributed by atoms with E-state index in [1.165, 1.54) is 69.8 Å². The third-order valence-corrected chi connectivity index (χ3v) is 14.6. The highest BCUT2D eigenvalue weighted by molar-refractivity contribution is 5.70. The molecule has 212 valence electrons. The molecule has 0 saturated heterocycles. The van der Waals surface area contributed by atoms with Gasteiger partial charge in [0.05, 0.1) is 5.92 Å². The van der Waals surface area contributed by atoms with Gasteiger partial charge in [-0.3, -0.25) is 4.79 Å². The van der Waals surface area contributed by atoms with Gasteiger partial charge in [-0.15, -0.1) is 0 Å². The van der Waals surface area contributed by atoms with Crippen LogP contribution >= 0.6 is 0 Å². The summed E-state index contributed by atoms with van der Waals surface area (Å²) < 4.78 is 0. The first-order chi connectivity index (χ1) is 17.9. The van der Waals surface area contributed by atoms with Gasteiger partial charge in [-0.2, -0.15) is 0 Å². The van der Waals surface area contributed by atoms with Crippen LogP contribution in [0, 0.1) is 51.2 Å². The van der Waals surface area contributed by atoms with E-state index in [4.69, 9.17) is 0 Å². The van der Waals surface area contributed by atoms with Crippen molar-refractivity contribution in [3.8, 4) is 0 Å². The van der Waals surface area contributed by atoms with Crippen LogP contribution in [0.15, 0.2) is 23.3 Å². The molecule has 4 saturated carbocycles. The van der Waals surface area contributed by atoms with Crippen LogP contribution in [0.3, 0.4) is 0 Å². The monoisotopic (exact) mass is 521 g/mol. The van der Waals surface area contributed by atoms with E-state index in [2.05, 4.69) is 59.0 Å². The number of hydrogen-bond donors (Lipinski definition) is 2. The molecule has 3 heteroatoms. The van der Waals surface area contributed by atoms with Gasteiger partial charge in [0.25, 0.3) is 0 Å². The molecule has 0 aromatic carbocycles. The van der Waals surface area contributed by atoms with Gasteiger partial charge < -0.3 is 10.4 Å². The Labute approximate surface area is 232 Å². The molecule has 8 unspecified atom stereocenters. The highest BCUT2D eigenvalue weighted by atomic mass is 16.4. The normalized spacial score (nSPS) is 49.6. The zero-order chi connectivity index (χ0) is 27.1. The summed E-state index contributed by atoms with van der Waals surface area (Å²) in [5.41, 5.74) is 4.87. The molecule has 0 aromatic heterocycles. The molecule has 6 aliphatic rings. The highest BCUT2D eigenvalue weighted by Gasteiger charge is 2.69. The Balaban J connectivity index is 1.31. The first-order valence-electron chi connectivity index (χ1n) is 16.3. The van der Waals surface area contributed by atoms with E-state index >= 15 is 0 Å². The summed E-state index contributed by atoms with van der Waals surface area (Å²) in [6.07, 6.45) is 21.3. The molecule has 2 N–H and O–H groups in total. The highest BCUT2D eigenvalue weighted by Crippen LogP contribution is 2.76. The Kier molecular flexibility index (Phi) is 6.39. The van der Waals surface area contributed by atoms with Crippen LogP contribution in [0.2, 0.25) is 0 Å². The van der Waals surface area contributed by atoms with Crippen molar-refractivity contribution in [2.75, 3.05) is 6.54 Å². The van der Waals surface area contributed by atoms with Crippen LogP contribution in [-0.2, 0) is 4.79 Å². The maximum atomic E-state index is 11.5. The SMILES string of the molecule is CCNC12CCCC1C1CCC3C4(C)CC=C(C5=CCC(C(=O)O)CC5)C(C)(C)C4CCC3(C)[C@]1(C)CC2.